The zero-order valence-corrected chi connectivity index (χ0v) is 7.43. The van der Waals surface area contributed by atoms with Crippen molar-refractivity contribution in [2.45, 2.75) is 6.55 Å². The normalized spacial score (nSPS) is 11.1. The maximum Gasteiger partial charge on any atom is 0.333 e. The van der Waals surface area contributed by atoms with Gasteiger partial charge in [-0.25, -0.2) is 4.68 Å². The molecule has 0 atom stereocenters. The molecule has 0 saturated carbocycles. The van der Waals surface area contributed by atoms with Crippen LogP contribution in [0.3, 0.4) is 0 Å². The number of alkyl halides is 2. The van der Waals surface area contributed by atoms with Gasteiger partial charge in [-0.1, -0.05) is 0 Å². The Morgan fingerprint density at radius 3 is 2.64 bits per heavy atom. The monoisotopic (exact) mass is 198 g/mol. The minimum absolute atomic E-state index is 0.613. The largest absolute Gasteiger partial charge is 0.333 e. The van der Waals surface area contributed by atoms with Crippen LogP contribution in [-0.4, -0.2) is 19.6 Å². The Morgan fingerprint density at radius 2 is 2.14 bits per heavy atom. The summed E-state index contributed by atoms with van der Waals surface area (Å²) in [5.74, 6) is 0. The molecule has 0 spiro atoms. The standard InChI is InChI=1S/C8H8F2N4/c1-13-7(2-3-11-13)6-4-12-14(5-6)8(9)10/h2-5,8H,1H3. The van der Waals surface area contributed by atoms with Crippen LogP contribution in [0.15, 0.2) is 24.7 Å². The van der Waals surface area contributed by atoms with Crippen molar-refractivity contribution in [3.05, 3.63) is 24.7 Å². The van der Waals surface area contributed by atoms with Crippen molar-refractivity contribution in [2.24, 2.45) is 7.05 Å². The third kappa shape index (κ3) is 1.39. The van der Waals surface area contributed by atoms with Crippen molar-refractivity contribution in [3.8, 4) is 11.3 Å². The first-order valence-electron chi connectivity index (χ1n) is 3.99. The lowest BCUT2D eigenvalue weighted by molar-refractivity contribution is 0.0566. The Morgan fingerprint density at radius 1 is 1.36 bits per heavy atom. The third-order valence-electron chi connectivity index (χ3n) is 1.92. The van der Waals surface area contributed by atoms with Crippen molar-refractivity contribution in [1.29, 1.82) is 0 Å². The molecule has 0 saturated heterocycles. The first kappa shape index (κ1) is 8.86. The molecule has 0 radical (unpaired) electrons. The summed E-state index contributed by atoms with van der Waals surface area (Å²) in [4.78, 5) is 0. The summed E-state index contributed by atoms with van der Waals surface area (Å²) in [5, 5.41) is 7.48. The van der Waals surface area contributed by atoms with Crippen molar-refractivity contribution in [1.82, 2.24) is 19.6 Å². The number of halogens is 2. The lowest BCUT2D eigenvalue weighted by atomic mass is 10.2. The van der Waals surface area contributed by atoms with E-state index in [-0.39, 0.29) is 0 Å². The highest BCUT2D eigenvalue weighted by Gasteiger charge is 2.10. The summed E-state index contributed by atoms with van der Waals surface area (Å²) in [6, 6.07) is 1.74. The Kier molecular flexibility index (Phi) is 2.03. The molecule has 0 aliphatic heterocycles. The van der Waals surface area contributed by atoms with E-state index in [1.54, 1.807) is 24.0 Å². The van der Waals surface area contributed by atoms with E-state index in [1.165, 1.54) is 12.4 Å². The van der Waals surface area contributed by atoms with Gasteiger partial charge in [-0.15, -0.1) is 0 Å². The first-order chi connectivity index (χ1) is 6.68. The highest BCUT2D eigenvalue weighted by Crippen LogP contribution is 2.19. The van der Waals surface area contributed by atoms with Crippen molar-refractivity contribution in [2.75, 3.05) is 0 Å². The van der Waals surface area contributed by atoms with Crippen LogP contribution in [0.25, 0.3) is 11.3 Å². The van der Waals surface area contributed by atoms with E-state index in [9.17, 15) is 8.78 Å². The summed E-state index contributed by atoms with van der Waals surface area (Å²) in [6.45, 7) is -2.60. The molecule has 0 aliphatic carbocycles. The molecular weight excluding hydrogens is 190 g/mol. The Labute approximate surface area is 78.8 Å². The van der Waals surface area contributed by atoms with Gasteiger partial charge in [-0.05, 0) is 6.07 Å². The smallest absolute Gasteiger partial charge is 0.268 e. The third-order valence-corrected chi connectivity index (χ3v) is 1.92. The number of rotatable bonds is 2. The van der Waals surface area contributed by atoms with Crippen LogP contribution < -0.4 is 0 Å². The molecular formula is C8H8F2N4. The second-order valence-corrected chi connectivity index (χ2v) is 2.83. The van der Waals surface area contributed by atoms with Gasteiger partial charge in [0.25, 0.3) is 0 Å². The van der Waals surface area contributed by atoms with Crippen LogP contribution in [0.1, 0.15) is 6.55 Å². The molecule has 2 aromatic rings. The van der Waals surface area contributed by atoms with Gasteiger partial charge in [0.1, 0.15) is 0 Å². The van der Waals surface area contributed by atoms with Crippen LogP contribution in [0.2, 0.25) is 0 Å². The number of hydrogen-bond acceptors (Lipinski definition) is 2. The quantitative estimate of drug-likeness (QED) is 0.735. The minimum Gasteiger partial charge on any atom is -0.268 e. The molecule has 2 heterocycles. The summed E-state index contributed by atoms with van der Waals surface area (Å²) >= 11 is 0. The molecule has 0 unspecified atom stereocenters. The maximum absolute atomic E-state index is 12.2. The molecule has 0 fully saturated rings. The summed E-state index contributed by atoms with van der Waals surface area (Å²) in [7, 11) is 1.75. The molecule has 0 aromatic carbocycles. The fourth-order valence-corrected chi connectivity index (χ4v) is 1.23. The van der Waals surface area contributed by atoms with Crippen LogP contribution in [0, 0.1) is 0 Å². The Balaban J connectivity index is 2.39. The lowest BCUT2D eigenvalue weighted by Gasteiger charge is -1.97. The molecule has 2 rings (SSSR count). The van der Waals surface area contributed by atoms with Gasteiger partial charge in [-0.3, -0.25) is 4.68 Å². The van der Waals surface area contributed by atoms with Gasteiger partial charge < -0.3 is 0 Å². The van der Waals surface area contributed by atoms with Gasteiger partial charge in [0.05, 0.1) is 11.9 Å². The fraction of sp³-hybridized carbons (Fsp3) is 0.250. The number of aromatic nitrogens is 4. The van der Waals surface area contributed by atoms with Crippen molar-refractivity contribution in [3.63, 3.8) is 0 Å². The predicted octanol–water partition coefficient (Wildman–Crippen LogP) is 1.68. The number of aryl methyl sites for hydroxylation is 1. The van der Waals surface area contributed by atoms with E-state index in [0.29, 0.717) is 10.2 Å². The van der Waals surface area contributed by atoms with Crippen LogP contribution in [-0.2, 0) is 7.05 Å². The van der Waals surface area contributed by atoms with E-state index in [0.717, 1.165) is 5.69 Å². The van der Waals surface area contributed by atoms with Gasteiger partial charge >= 0.3 is 6.55 Å². The number of nitrogens with zero attached hydrogens (tertiary/aromatic N) is 4. The molecule has 0 aliphatic rings. The van der Waals surface area contributed by atoms with Gasteiger partial charge in [0.2, 0.25) is 0 Å². The first-order valence-corrected chi connectivity index (χ1v) is 3.99. The van der Waals surface area contributed by atoms with Crippen molar-refractivity contribution < 1.29 is 8.78 Å². The fourth-order valence-electron chi connectivity index (χ4n) is 1.23. The van der Waals surface area contributed by atoms with Crippen molar-refractivity contribution >= 4 is 0 Å². The average molecular weight is 198 g/mol. The predicted molar refractivity (Wildman–Crippen MR) is 45.7 cm³/mol. The topological polar surface area (TPSA) is 35.6 Å². The highest BCUT2D eigenvalue weighted by atomic mass is 19.3. The van der Waals surface area contributed by atoms with E-state index < -0.39 is 6.55 Å². The van der Waals surface area contributed by atoms with E-state index >= 15 is 0 Å². The SMILES string of the molecule is Cn1nccc1-c1cnn(C(F)F)c1. The average Bonchev–Trinajstić information content (AvgIpc) is 2.71. The maximum atomic E-state index is 12.2. The van der Waals surface area contributed by atoms with Crippen LogP contribution in [0.5, 0.6) is 0 Å². The van der Waals surface area contributed by atoms with Crippen LogP contribution >= 0.6 is 0 Å². The molecule has 4 nitrogen and oxygen atoms in total. The minimum atomic E-state index is -2.60. The lowest BCUT2D eigenvalue weighted by Crippen LogP contribution is -1.97. The number of hydrogen-bond donors (Lipinski definition) is 0. The van der Waals surface area contributed by atoms with Gasteiger partial charge in [0, 0.05) is 25.0 Å². The molecule has 2 aromatic heterocycles. The summed E-state index contributed by atoms with van der Waals surface area (Å²) < 4.78 is 26.6. The van der Waals surface area contributed by atoms with E-state index in [4.69, 9.17) is 0 Å². The zero-order chi connectivity index (χ0) is 10.1. The highest BCUT2D eigenvalue weighted by molar-refractivity contribution is 5.56. The second kappa shape index (κ2) is 3.21. The molecule has 0 N–H and O–H groups in total. The van der Waals surface area contributed by atoms with E-state index in [2.05, 4.69) is 10.2 Å². The Hall–Kier alpha value is -1.72. The second-order valence-electron chi connectivity index (χ2n) is 2.83. The summed E-state index contributed by atoms with van der Waals surface area (Å²) in [6.07, 6.45) is 4.29. The molecule has 74 valence electrons. The van der Waals surface area contributed by atoms with Crippen LogP contribution in [0.4, 0.5) is 8.78 Å². The van der Waals surface area contributed by atoms with Gasteiger partial charge in [0.15, 0.2) is 0 Å². The molecule has 0 amide bonds. The molecule has 6 heteroatoms. The van der Waals surface area contributed by atoms with Gasteiger partial charge in [-0.2, -0.15) is 19.0 Å². The Bertz CT molecular complexity index is 432. The summed E-state index contributed by atoms with van der Waals surface area (Å²) in [5.41, 5.74) is 1.39. The zero-order valence-electron chi connectivity index (χ0n) is 7.43. The van der Waals surface area contributed by atoms with E-state index in [1.807, 2.05) is 0 Å². The molecule has 0 bridgehead atoms. The molecule has 14 heavy (non-hydrogen) atoms.